The number of aromatic amines is 1. The van der Waals surface area contributed by atoms with Gasteiger partial charge in [0.2, 0.25) is 5.95 Å². The van der Waals surface area contributed by atoms with Crippen LogP contribution in [0, 0.1) is 5.95 Å². The average molecular weight is 430 g/mol. The lowest BCUT2D eigenvalue weighted by Gasteiger charge is -2.24. The lowest BCUT2D eigenvalue weighted by Crippen LogP contribution is -2.32. The van der Waals surface area contributed by atoms with E-state index in [-0.39, 0.29) is 11.9 Å². The Morgan fingerprint density at radius 3 is 2.97 bits per heavy atom. The van der Waals surface area contributed by atoms with Gasteiger partial charge in [-0.25, -0.2) is 14.5 Å². The normalized spacial score (nSPS) is 17.9. The van der Waals surface area contributed by atoms with Gasteiger partial charge in [-0.2, -0.15) is 14.6 Å². The molecule has 32 heavy (non-hydrogen) atoms. The molecule has 4 aromatic heterocycles. The van der Waals surface area contributed by atoms with Crippen molar-refractivity contribution in [1.82, 2.24) is 34.7 Å². The summed E-state index contributed by atoms with van der Waals surface area (Å²) < 4.78 is 14.9. The Morgan fingerprint density at radius 1 is 1.25 bits per heavy atom. The highest BCUT2D eigenvalue weighted by molar-refractivity contribution is 5.94. The van der Waals surface area contributed by atoms with Crippen molar-refractivity contribution in [2.45, 2.75) is 24.8 Å². The lowest BCUT2D eigenvalue weighted by molar-refractivity contribution is 0.0728. The van der Waals surface area contributed by atoms with Gasteiger partial charge >= 0.3 is 0 Å². The Balaban J connectivity index is 1.32. The first kappa shape index (κ1) is 18.7. The number of anilines is 2. The molecule has 1 amide bonds. The van der Waals surface area contributed by atoms with Crippen molar-refractivity contribution in [2.75, 3.05) is 11.9 Å². The Kier molecular flexibility index (Phi) is 4.23. The molecule has 0 unspecified atom stereocenters. The SMILES string of the molecule is O=C(c1ccc(F)nc1)N1CCC[C@@H]1c1nc(Nc2cc(C3C=C3)[nH]n2)c2cccn2n1. The van der Waals surface area contributed by atoms with Crippen molar-refractivity contribution in [3.05, 3.63) is 77.9 Å². The fourth-order valence-corrected chi connectivity index (χ4v) is 4.09. The molecular weight excluding hydrogens is 411 g/mol. The standard InChI is InChI=1S/C22H19FN8O/c23-18-8-7-14(12-24-18)22(32)30-9-1-3-16(30)21-26-20(17-4-2-10-31(17)29-21)25-19-11-15(27-28-19)13-5-6-13/h2,4-8,10-13,16H,1,3,9H2,(H2,25,26,27,28,29)/t16-/m1/s1. The highest BCUT2D eigenvalue weighted by Crippen LogP contribution is 2.33. The molecule has 4 aromatic rings. The Hall–Kier alpha value is -4.08. The number of likely N-dealkylation sites (tertiary alicyclic amines) is 1. The molecule has 10 heteroatoms. The van der Waals surface area contributed by atoms with Gasteiger partial charge in [0, 0.05) is 36.6 Å². The molecule has 6 rings (SSSR count). The van der Waals surface area contributed by atoms with Crippen LogP contribution in [0.5, 0.6) is 0 Å². The van der Waals surface area contributed by atoms with Crippen LogP contribution in [0.2, 0.25) is 0 Å². The number of carbonyl (C=O) groups is 1. The van der Waals surface area contributed by atoms with Gasteiger partial charge in [0.25, 0.3) is 5.91 Å². The van der Waals surface area contributed by atoms with Gasteiger partial charge in [0.1, 0.15) is 5.52 Å². The van der Waals surface area contributed by atoms with Gasteiger partial charge in [0.15, 0.2) is 17.5 Å². The number of amides is 1. The Labute approximate surface area is 182 Å². The van der Waals surface area contributed by atoms with Crippen molar-refractivity contribution in [1.29, 1.82) is 0 Å². The maximum Gasteiger partial charge on any atom is 0.256 e. The zero-order chi connectivity index (χ0) is 21.7. The molecule has 160 valence electrons. The van der Waals surface area contributed by atoms with Gasteiger partial charge in [0.05, 0.1) is 11.6 Å². The van der Waals surface area contributed by atoms with E-state index >= 15 is 0 Å². The first-order valence-electron chi connectivity index (χ1n) is 10.4. The first-order chi connectivity index (χ1) is 15.7. The molecule has 1 atom stereocenters. The van der Waals surface area contributed by atoms with E-state index in [1.165, 1.54) is 18.3 Å². The third-order valence-corrected chi connectivity index (χ3v) is 5.78. The summed E-state index contributed by atoms with van der Waals surface area (Å²) in [6.45, 7) is 0.577. The Morgan fingerprint density at radius 2 is 2.16 bits per heavy atom. The number of carbonyl (C=O) groups excluding carboxylic acids is 1. The quantitative estimate of drug-likeness (QED) is 0.372. The van der Waals surface area contributed by atoms with Gasteiger partial charge in [-0.1, -0.05) is 12.2 Å². The first-order valence-corrected chi connectivity index (χ1v) is 10.4. The smallest absolute Gasteiger partial charge is 0.256 e. The van der Waals surface area contributed by atoms with E-state index in [1.807, 2.05) is 24.4 Å². The second-order valence-electron chi connectivity index (χ2n) is 7.93. The minimum atomic E-state index is -0.615. The molecule has 9 nitrogen and oxygen atoms in total. The number of allylic oxidation sites excluding steroid dienone is 2. The van der Waals surface area contributed by atoms with Crippen molar-refractivity contribution < 1.29 is 9.18 Å². The van der Waals surface area contributed by atoms with Crippen LogP contribution in [0.15, 0.2) is 54.9 Å². The molecule has 0 saturated carbocycles. The molecule has 5 heterocycles. The number of nitrogens with one attached hydrogen (secondary N) is 2. The number of nitrogens with zero attached hydrogens (tertiary/aromatic N) is 6. The number of rotatable bonds is 5. The number of hydrogen-bond acceptors (Lipinski definition) is 6. The number of halogens is 1. The second-order valence-corrected chi connectivity index (χ2v) is 7.93. The van der Waals surface area contributed by atoms with Crippen LogP contribution in [0.3, 0.4) is 0 Å². The predicted octanol–water partition coefficient (Wildman–Crippen LogP) is 3.36. The highest BCUT2D eigenvalue weighted by atomic mass is 19.1. The topological polar surface area (TPSA) is 104 Å². The maximum atomic E-state index is 13.2. The summed E-state index contributed by atoms with van der Waals surface area (Å²) in [6.07, 6.45) is 8.87. The Bertz CT molecular complexity index is 1340. The van der Waals surface area contributed by atoms with Crippen LogP contribution in [0.25, 0.3) is 5.52 Å². The van der Waals surface area contributed by atoms with Crippen molar-refractivity contribution in [3.8, 4) is 0 Å². The molecule has 2 aliphatic rings. The van der Waals surface area contributed by atoms with E-state index in [0.717, 1.165) is 24.1 Å². The lowest BCUT2D eigenvalue weighted by atomic mass is 10.2. The van der Waals surface area contributed by atoms with E-state index in [0.29, 0.717) is 35.5 Å². The molecule has 1 saturated heterocycles. The van der Waals surface area contributed by atoms with Gasteiger partial charge < -0.3 is 10.2 Å². The summed E-state index contributed by atoms with van der Waals surface area (Å²) in [4.78, 5) is 23.2. The van der Waals surface area contributed by atoms with Crippen LogP contribution in [-0.2, 0) is 0 Å². The molecule has 1 aliphatic carbocycles. The van der Waals surface area contributed by atoms with E-state index in [9.17, 15) is 9.18 Å². The number of pyridine rings is 1. The summed E-state index contributed by atoms with van der Waals surface area (Å²) in [6, 6.07) is 8.13. The van der Waals surface area contributed by atoms with Crippen LogP contribution in [0.1, 0.15) is 46.7 Å². The number of H-pyrrole nitrogens is 1. The molecular formula is C22H19FN8O. The molecule has 1 fully saturated rings. The zero-order valence-electron chi connectivity index (χ0n) is 16.9. The molecule has 1 aliphatic heterocycles. The van der Waals surface area contributed by atoms with Crippen LogP contribution in [0.4, 0.5) is 16.0 Å². The fourth-order valence-electron chi connectivity index (χ4n) is 4.09. The monoisotopic (exact) mass is 430 g/mol. The molecule has 0 spiro atoms. The largest absolute Gasteiger partial charge is 0.328 e. The van der Waals surface area contributed by atoms with E-state index < -0.39 is 5.95 Å². The molecule has 2 N–H and O–H groups in total. The minimum absolute atomic E-state index is 0.209. The molecule has 0 bridgehead atoms. The van der Waals surface area contributed by atoms with Crippen molar-refractivity contribution in [3.63, 3.8) is 0 Å². The van der Waals surface area contributed by atoms with Gasteiger partial charge in [-0.05, 0) is 37.1 Å². The summed E-state index contributed by atoms with van der Waals surface area (Å²) in [5.74, 6) is 1.32. The highest BCUT2D eigenvalue weighted by Gasteiger charge is 2.33. The summed E-state index contributed by atoms with van der Waals surface area (Å²) in [7, 11) is 0. The van der Waals surface area contributed by atoms with E-state index in [1.54, 1.807) is 9.42 Å². The predicted molar refractivity (Wildman–Crippen MR) is 114 cm³/mol. The second kappa shape index (κ2) is 7.26. The minimum Gasteiger partial charge on any atom is -0.328 e. The van der Waals surface area contributed by atoms with E-state index in [4.69, 9.17) is 4.98 Å². The number of hydrogen-bond donors (Lipinski definition) is 2. The molecule has 0 aromatic carbocycles. The summed E-state index contributed by atoms with van der Waals surface area (Å²) in [5.41, 5.74) is 2.17. The number of aromatic nitrogens is 6. The van der Waals surface area contributed by atoms with Gasteiger partial charge in [-0.3, -0.25) is 9.89 Å². The third kappa shape index (κ3) is 3.29. The molecule has 0 radical (unpaired) electrons. The van der Waals surface area contributed by atoms with Crippen LogP contribution in [-0.4, -0.2) is 47.1 Å². The van der Waals surface area contributed by atoms with E-state index in [2.05, 4.69) is 37.7 Å². The van der Waals surface area contributed by atoms with Crippen molar-refractivity contribution >= 4 is 23.1 Å². The zero-order valence-corrected chi connectivity index (χ0v) is 16.9. The third-order valence-electron chi connectivity index (χ3n) is 5.78. The maximum absolute atomic E-state index is 13.2. The summed E-state index contributed by atoms with van der Waals surface area (Å²) >= 11 is 0. The summed E-state index contributed by atoms with van der Waals surface area (Å²) in [5, 5.41) is 15.3. The average Bonchev–Trinajstić information content (AvgIpc) is 3.20. The number of fused-ring (bicyclic) bond motifs is 1. The van der Waals surface area contributed by atoms with Crippen molar-refractivity contribution in [2.24, 2.45) is 0 Å². The fraction of sp³-hybridized carbons (Fsp3) is 0.227. The van der Waals surface area contributed by atoms with Crippen LogP contribution >= 0.6 is 0 Å². The van der Waals surface area contributed by atoms with Gasteiger partial charge in [-0.15, -0.1) is 0 Å². The van der Waals surface area contributed by atoms with Crippen LogP contribution < -0.4 is 5.32 Å².